The number of nitrogens with one attached hydrogen (secondary N) is 2. The topological polar surface area (TPSA) is 127 Å². The van der Waals surface area contributed by atoms with Crippen molar-refractivity contribution in [2.75, 3.05) is 37.9 Å². The lowest BCUT2D eigenvalue weighted by Gasteiger charge is -2.11. The Morgan fingerprint density at radius 2 is 1.91 bits per heavy atom. The average molecular weight is 609 g/mol. The van der Waals surface area contributed by atoms with Crippen LogP contribution in [0.2, 0.25) is 0 Å². The number of ether oxygens (including phenoxy) is 1. The molecule has 1 fully saturated rings. The van der Waals surface area contributed by atoms with Crippen LogP contribution in [0, 0.1) is 12.7 Å². The highest BCUT2D eigenvalue weighted by atomic mass is 32.1. The molecule has 43 heavy (non-hydrogen) atoms. The Hall–Kier alpha value is -4.27. The van der Waals surface area contributed by atoms with E-state index in [4.69, 9.17) is 0 Å². The van der Waals surface area contributed by atoms with E-state index in [2.05, 4.69) is 50.8 Å². The normalized spacial score (nSPS) is 12.8. The molecule has 0 atom stereocenters. The van der Waals surface area contributed by atoms with Crippen molar-refractivity contribution in [1.29, 1.82) is 0 Å². The van der Waals surface area contributed by atoms with E-state index < -0.39 is 11.7 Å². The number of amides is 1. The van der Waals surface area contributed by atoms with Gasteiger partial charge in [-0.1, -0.05) is 13.8 Å². The number of halogens is 1. The molecule has 1 aliphatic heterocycles. The zero-order valence-corrected chi connectivity index (χ0v) is 25.9. The number of pyridine rings is 1. The molecule has 1 saturated heterocycles. The van der Waals surface area contributed by atoms with Gasteiger partial charge in [0.15, 0.2) is 17.3 Å². The number of methoxy groups -OCH3 is 1. The van der Waals surface area contributed by atoms with Crippen molar-refractivity contribution >= 4 is 39.6 Å². The van der Waals surface area contributed by atoms with Crippen molar-refractivity contribution in [3.8, 4) is 11.3 Å². The van der Waals surface area contributed by atoms with Crippen LogP contribution in [-0.4, -0.2) is 71.6 Å². The van der Waals surface area contributed by atoms with Crippen molar-refractivity contribution in [1.82, 2.24) is 38.4 Å². The molecule has 6 rings (SSSR count). The van der Waals surface area contributed by atoms with Gasteiger partial charge in [-0.3, -0.25) is 23.8 Å². The van der Waals surface area contributed by atoms with E-state index in [0.29, 0.717) is 11.5 Å². The summed E-state index contributed by atoms with van der Waals surface area (Å²) in [6, 6.07) is 3.48. The van der Waals surface area contributed by atoms with Gasteiger partial charge in [-0.25, -0.2) is 14.4 Å². The molecule has 0 radical (unpaired) electrons. The maximum absolute atomic E-state index is 13.8. The van der Waals surface area contributed by atoms with Crippen molar-refractivity contribution in [3.63, 3.8) is 0 Å². The Kier molecular flexibility index (Phi) is 11.2. The Labute approximate surface area is 254 Å². The fraction of sp³-hybridized carbons (Fsp3) is 0.379. The van der Waals surface area contributed by atoms with E-state index >= 15 is 0 Å². The number of aromatic nitrogens is 7. The summed E-state index contributed by atoms with van der Waals surface area (Å²) in [5.41, 5.74) is 4.19. The van der Waals surface area contributed by atoms with Gasteiger partial charge >= 0.3 is 0 Å². The first kappa shape index (κ1) is 31.7. The monoisotopic (exact) mass is 608 g/mol. The number of anilines is 3. The second-order valence-electron chi connectivity index (χ2n) is 9.60. The van der Waals surface area contributed by atoms with Crippen LogP contribution >= 0.6 is 11.5 Å². The van der Waals surface area contributed by atoms with Gasteiger partial charge in [0.1, 0.15) is 11.5 Å². The molecule has 0 aliphatic carbocycles. The van der Waals surface area contributed by atoms with Crippen LogP contribution in [0.5, 0.6) is 0 Å². The quantitative estimate of drug-likeness (QED) is 0.246. The van der Waals surface area contributed by atoms with Crippen LogP contribution in [0.1, 0.15) is 38.1 Å². The van der Waals surface area contributed by atoms with E-state index in [-0.39, 0.29) is 12.2 Å². The summed E-state index contributed by atoms with van der Waals surface area (Å²) in [6.07, 6.45) is 12.0. The van der Waals surface area contributed by atoms with Crippen LogP contribution in [0.3, 0.4) is 0 Å². The average Bonchev–Trinajstić information content (AvgIpc) is 3.81. The lowest BCUT2D eigenvalue weighted by atomic mass is 10.3. The third-order valence-electron chi connectivity index (χ3n) is 6.28. The molecular formula is C29H37FN10O2S. The predicted molar refractivity (Wildman–Crippen MR) is 166 cm³/mol. The van der Waals surface area contributed by atoms with Crippen molar-refractivity contribution < 1.29 is 13.9 Å². The Bertz CT molecular complexity index is 1630. The van der Waals surface area contributed by atoms with E-state index in [1.165, 1.54) is 41.3 Å². The molecule has 0 aromatic carbocycles. The largest absolute Gasteiger partial charge is 0.388 e. The van der Waals surface area contributed by atoms with Gasteiger partial charge in [0.2, 0.25) is 5.91 Å². The molecule has 0 bridgehead atoms. The fourth-order valence-corrected chi connectivity index (χ4v) is 5.19. The molecule has 14 heteroatoms. The van der Waals surface area contributed by atoms with Gasteiger partial charge in [-0.2, -0.15) is 9.47 Å². The van der Waals surface area contributed by atoms with Crippen LogP contribution < -0.4 is 10.6 Å². The number of hydrogen-bond acceptors (Lipinski definition) is 10. The fourth-order valence-electron chi connectivity index (χ4n) is 4.53. The molecule has 0 unspecified atom stereocenters. The van der Waals surface area contributed by atoms with E-state index in [1.807, 2.05) is 31.4 Å². The lowest BCUT2D eigenvalue weighted by Crippen LogP contribution is -2.19. The first-order valence-electron chi connectivity index (χ1n) is 14.1. The van der Waals surface area contributed by atoms with Gasteiger partial charge in [-0.05, 0) is 56.5 Å². The molecule has 6 heterocycles. The standard InChI is InChI=1S/C25H25FN10OS.C2H6O.C2H6/c1-16-12-36-21(17-9-29-35(13-17)15-22(37)31-20-4-5-27-10-19(20)26)11-28-25(36)24(30-16)32-23-8-18(33-38-23)14-34-6-2-3-7-34;1-3-2;1-2/h4-5,8-13H,2-3,6-7,14-15H2,1H3,(H,30,32)(H,27,31,37);1-2H3;1-2H3. The summed E-state index contributed by atoms with van der Waals surface area (Å²) in [4.78, 5) is 27.8. The van der Waals surface area contributed by atoms with Crippen molar-refractivity contribution in [2.24, 2.45) is 0 Å². The maximum Gasteiger partial charge on any atom is 0.246 e. The first-order chi connectivity index (χ1) is 20.9. The van der Waals surface area contributed by atoms with Crippen LogP contribution in [-0.2, 0) is 22.6 Å². The Balaban J connectivity index is 0.000000798. The van der Waals surface area contributed by atoms with E-state index in [9.17, 15) is 9.18 Å². The highest BCUT2D eigenvalue weighted by Crippen LogP contribution is 2.28. The SMILES string of the molecule is CC.COC.Cc1cn2c(-c3cnn(CC(=O)Nc4ccncc4F)c3)cnc2c(Nc2cc(CN3CCCC3)ns2)n1. The van der Waals surface area contributed by atoms with Crippen LogP contribution in [0.15, 0.2) is 49.3 Å². The number of carbonyl (C=O) groups is 1. The molecule has 0 spiro atoms. The molecule has 1 amide bonds. The zero-order valence-electron chi connectivity index (χ0n) is 25.0. The first-order valence-corrected chi connectivity index (χ1v) is 14.8. The third-order valence-corrected chi connectivity index (χ3v) is 7.02. The smallest absolute Gasteiger partial charge is 0.246 e. The molecule has 228 valence electrons. The highest BCUT2D eigenvalue weighted by molar-refractivity contribution is 7.10. The molecule has 0 saturated carbocycles. The summed E-state index contributed by atoms with van der Waals surface area (Å²) in [7, 11) is 3.25. The number of aryl methyl sites for hydroxylation is 1. The lowest BCUT2D eigenvalue weighted by molar-refractivity contribution is -0.116. The van der Waals surface area contributed by atoms with Crippen LogP contribution in [0.4, 0.5) is 20.9 Å². The molecule has 1 aliphatic rings. The number of nitrogens with zero attached hydrogens (tertiary/aromatic N) is 8. The van der Waals surface area contributed by atoms with Gasteiger partial charge < -0.3 is 15.4 Å². The number of imidazole rings is 1. The number of carbonyl (C=O) groups excluding carboxylic acids is 1. The highest BCUT2D eigenvalue weighted by Gasteiger charge is 2.17. The second-order valence-corrected chi connectivity index (χ2v) is 10.4. The molecule has 12 nitrogen and oxygen atoms in total. The van der Waals surface area contributed by atoms with Crippen molar-refractivity contribution in [3.05, 3.63) is 66.5 Å². The van der Waals surface area contributed by atoms with Crippen molar-refractivity contribution in [2.45, 2.75) is 46.7 Å². The van der Waals surface area contributed by atoms with Gasteiger partial charge in [0, 0.05) is 44.9 Å². The summed E-state index contributed by atoms with van der Waals surface area (Å²) in [6.45, 7) is 8.97. The summed E-state index contributed by atoms with van der Waals surface area (Å²) in [5, 5.41) is 11.1. The third kappa shape index (κ3) is 8.18. The summed E-state index contributed by atoms with van der Waals surface area (Å²) in [5.74, 6) is -0.357. The van der Waals surface area contributed by atoms with Gasteiger partial charge in [0.05, 0.1) is 41.4 Å². The molecular weight excluding hydrogens is 571 g/mol. The van der Waals surface area contributed by atoms with Gasteiger partial charge in [0.25, 0.3) is 0 Å². The maximum atomic E-state index is 13.8. The minimum absolute atomic E-state index is 0.0724. The second kappa shape index (κ2) is 15.3. The molecule has 2 N–H and O–H groups in total. The number of rotatable bonds is 8. The predicted octanol–water partition coefficient (Wildman–Crippen LogP) is 5.16. The number of likely N-dealkylation sites (tertiary alicyclic amines) is 1. The van der Waals surface area contributed by atoms with Crippen LogP contribution in [0.25, 0.3) is 16.9 Å². The minimum Gasteiger partial charge on any atom is -0.388 e. The van der Waals surface area contributed by atoms with Gasteiger partial charge in [-0.15, -0.1) is 0 Å². The Morgan fingerprint density at radius 1 is 1.14 bits per heavy atom. The summed E-state index contributed by atoms with van der Waals surface area (Å²) < 4.78 is 26.1. The molecule has 5 aromatic rings. The molecule has 5 aromatic heterocycles. The number of hydrogen-bond donors (Lipinski definition) is 2. The van der Waals surface area contributed by atoms with E-state index in [0.717, 1.165) is 53.5 Å². The number of fused-ring (bicyclic) bond motifs is 1. The zero-order chi connectivity index (χ0) is 30.8. The Morgan fingerprint density at radius 3 is 2.65 bits per heavy atom. The minimum atomic E-state index is -0.595. The van der Waals surface area contributed by atoms with E-state index in [1.54, 1.807) is 32.8 Å². The summed E-state index contributed by atoms with van der Waals surface area (Å²) >= 11 is 1.41.